The maximum Gasteiger partial charge on any atom is 0.161 e. The van der Waals surface area contributed by atoms with Gasteiger partial charge in [0.2, 0.25) is 0 Å². The van der Waals surface area contributed by atoms with Gasteiger partial charge in [-0.2, -0.15) is 5.26 Å². The summed E-state index contributed by atoms with van der Waals surface area (Å²) in [5, 5.41) is 9.36. The van der Waals surface area contributed by atoms with Crippen LogP contribution in [0.25, 0.3) is 22.6 Å². The molecule has 0 saturated heterocycles. The second kappa shape index (κ2) is 8.80. The lowest BCUT2D eigenvalue weighted by Gasteiger charge is -2.13. The van der Waals surface area contributed by atoms with E-state index in [0.29, 0.717) is 23.7 Å². The normalized spacial score (nSPS) is 10.5. The molecular formula is C25H22BN3O2. The quantitative estimate of drug-likeness (QED) is 0.494. The van der Waals surface area contributed by atoms with Crippen molar-refractivity contribution in [3.8, 4) is 40.2 Å². The summed E-state index contributed by atoms with van der Waals surface area (Å²) in [5.41, 5.74) is 6.51. The predicted octanol–water partition coefficient (Wildman–Crippen LogP) is 3.77. The molecule has 4 rings (SSSR count). The Kier molecular flexibility index (Phi) is 5.77. The van der Waals surface area contributed by atoms with Crippen molar-refractivity contribution in [1.29, 1.82) is 5.26 Å². The fourth-order valence-corrected chi connectivity index (χ4v) is 3.35. The van der Waals surface area contributed by atoms with Gasteiger partial charge in [-0.3, -0.25) is 0 Å². The number of aromatic nitrogens is 2. The molecule has 4 aromatic rings. The third-order valence-electron chi connectivity index (χ3n) is 5.13. The number of imidazole rings is 1. The number of hydrogen-bond donors (Lipinski definition) is 1. The van der Waals surface area contributed by atoms with Crippen molar-refractivity contribution >= 4 is 13.3 Å². The summed E-state index contributed by atoms with van der Waals surface area (Å²) in [6.07, 6.45) is 1.88. The fraction of sp³-hybridized carbons (Fsp3) is 0.120. The topological polar surface area (TPSA) is 70.9 Å². The van der Waals surface area contributed by atoms with Crippen LogP contribution in [0, 0.1) is 18.3 Å². The van der Waals surface area contributed by atoms with Gasteiger partial charge in [-0.25, -0.2) is 4.98 Å². The van der Waals surface area contributed by atoms with E-state index in [1.165, 1.54) is 5.56 Å². The first-order chi connectivity index (χ1) is 15.1. The fourth-order valence-electron chi connectivity index (χ4n) is 3.35. The van der Waals surface area contributed by atoms with E-state index < -0.39 is 0 Å². The molecule has 1 heterocycles. The van der Waals surface area contributed by atoms with Gasteiger partial charge in [0.1, 0.15) is 20.3 Å². The first-order valence-electron chi connectivity index (χ1n) is 10.0. The Morgan fingerprint density at radius 2 is 1.77 bits per heavy atom. The van der Waals surface area contributed by atoms with Crippen molar-refractivity contribution in [3.63, 3.8) is 0 Å². The molecule has 0 amide bonds. The van der Waals surface area contributed by atoms with Gasteiger partial charge in [0.15, 0.2) is 11.5 Å². The summed E-state index contributed by atoms with van der Waals surface area (Å²) in [6, 6.07) is 22.0. The standard InChI is InChI=1S/C25H22BN3O2/c1-16-3-5-17(6-4-16)25-28-14-22(29-25)18-8-10-23(24(12-18)30-2)31-15-19-7-9-21(26)11-20(19)13-27/h3-12,14H,15,26H2,1-2H3,(H,28,29). The average Bonchev–Trinajstić information content (AvgIpc) is 3.29. The van der Waals surface area contributed by atoms with E-state index in [-0.39, 0.29) is 0 Å². The predicted molar refractivity (Wildman–Crippen MR) is 124 cm³/mol. The number of H-pyrrole nitrogens is 1. The number of rotatable bonds is 6. The van der Waals surface area contributed by atoms with E-state index in [0.717, 1.165) is 33.7 Å². The Bertz CT molecular complexity index is 1260. The Morgan fingerprint density at radius 3 is 2.52 bits per heavy atom. The van der Waals surface area contributed by atoms with Crippen LogP contribution in [-0.4, -0.2) is 24.9 Å². The largest absolute Gasteiger partial charge is 0.493 e. The molecule has 152 valence electrons. The van der Waals surface area contributed by atoms with Crippen molar-refractivity contribution < 1.29 is 9.47 Å². The number of aryl methyl sites for hydroxylation is 1. The van der Waals surface area contributed by atoms with E-state index in [2.05, 4.69) is 42.2 Å². The molecule has 0 bridgehead atoms. The molecule has 5 nitrogen and oxygen atoms in total. The SMILES string of the molecule is Bc1ccc(COc2ccc(-c3c[nH]c(-c4ccc(C)cc4)n3)cc2OC)c(C#N)c1. The highest BCUT2D eigenvalue weighted by Gasteiger charge is 2.12. The van der Waals surface area contributed by atoms with E-state index in [9.17, 15) is 5.26 Å². The number of hydrogen-bond acceptors (Lipinski definition) is 4. The average molecular weight is 407 g/mol. The molecule has 0 aliphatic heterocycles. The van der Waals surface area contributed by atoms with Crippen molar-refractivity contribution in [2.75, 3.05) is 7.11 Å². The maximum absolute atomic E-state index is 9.36. The number of aromatic amines is 1. The maximum atomic E-state index is 9.36. The van der Waals surface area contributed by atoms with Crippen LogP contribution in [0.5, 0.6) is 11.5 Å². The molecule has 0 unspecified atom stereocenters. The molecule has 31 heavy (non-hydrogen) atoms. The minimum atomic E-state index is 0.291. The first-order valence-corrected chi connectivity index (χ1v) is 10.0. The molecule has 1 N–H and O–H groups in total. The lowest BCUT2D eigenvalue weighted by atomic mass is 9.92. The molecule has 0 fully saturated rings. The lowest BCUT2D eigenvalue weighted by molar-refractivity contribution is 0.284. The third kappa shape index (κ3) is 4.46. The van der Waals surface area contributed by atoms with E-state index in [1.54, 1.807) is 7.11 Å². The first kappa shape index (κ1) is 20.3. The summed E-state index contributed by atoms with van der Waals surface area (Å²) < 4.78 is 11.5. The van der Waals surface area contributed by atoms with Gasteiger partial charge in [-0.15, -0.1) is 0 Å². The second-order valence-electron chi connectivity index (χ2n) is 7.43. The van der Waals surface area contributed by atoms with Crippen molar-refractivity contribution in [2.45, 2.75) is 13.5 Å². The van der Waals surface area contributed by atoms with Crippen LogP contribution in [-0.2, 0) is 6.61 Å². The number of nitriles is 1. The monoisotopic (exact) mass is 407 g/mol. The molecule has 0 aliphatic rings. The molecule has 3 aromatic carbocycles. The van der Waals surface area contributed by atoms with Crippen LogP contribution in [0.3, 0.4) is 0 Å². The number of nitrogens with one attached hydrogen (secondary N) is 1. The minimum Gasteiger partial charge on any atom is -0.493 e. The number of methoxy groups -OCH3 is 1. The van der Waals surface area contributed by atoms with Gasteiger partial charge in [0.05, 0.1) is 24.4 Å². The summed E-state index contributed by atoms with van der Waals surface area (Å²) in [5.74, 6) is 2.05. The third-order valence-corrected chi connectivity index (χ3v) is 5.13. The zero-order chi connectivity index (χ0) is 21.8. The molecule has 0 aliphatic carbocycles. The van der Waals surface area contributed by atoms with Crippen molar-refractivity contribution in [2.24, 2.45) is 0 Å². The lowest BCUT2D eigenvalue weighted by Crippen LogP contribution is -2.06. The van der Waals surface area contributed by atoms with Crippen LogP contribution < -0.4 is 14.9 Å². The molecule has 0 atom stereocenters. The molecule has 1 aromatic heterocycles. The summed E-state index contributed by atoms with van der Waals surface area (Å²) in [7, 11) is 3.58. The summed E-state index contributed by atoms with van der Waals surface area (Å²) in [6.45, 7) is 2.35. The van der Waals surface area contributed by atoms with Gasteiger partial charge < -0.3 is 14.5 Å². The van der Waals surface area contributed by atoms with Crippen LogP contribution >= 0.6 is 0 Å². The van der Waals surface area contributed by atoms with E-state index in [1.807, 2.05) is 50.4 Å². The van der Waals surface area contributed by atoms with E-state index in [4.69, 9.17) is 14.5 Å². The highest BCUT2D eigenvalue weighted by molar-refractivity contribution is 6.32. The molecule has 6 heteroatoms. The smallest absolute Gasteiger partial charge is 0.161 e. The number of nitrogens with zero attached hydrogens (tertiary/aromatic N) is 2. The molecule has 0 radical (unpaired) electrons. The zero-order valence-corrected chi connectivity index (χ0v) is 17.8. The zero-order valence-electron chi connectivity index (χ0n) is 17.8. The van der Waals surface area contributed by atoms with Gasteiger partial charge in [0.25, 0.3) is 0 Å². The Balaban J connectivity index is 1.55. The minimum absolute atomic E-state index is 0.291. The van der Waals surface area contributed by atoms with E-state index >= 15 is 0 Å². The molecular weight excluding hydrogens is 385 g/mol. The van der Waals surface area contributed by atoms with Gasteiger partial charge in [0, 0.05) is 22.9 Å². The molecule has 0 saturated carbocycles. The van der Waals surface area contributed by atoms with Gasteiger partial charge >= 0.3 is 0 Å². The summed E-state index contributed by atoms with van der Waals surface area (Å²) >= 11 is 0. The highest BCUT2D eigenvalue weighted by atomic mass is 16.5. The summed E-state index contributed by atoms with van der Waals surface area (Å²) in [4.78, 5) is 7.96. The second-order valence-corrected chi connectivity index (χ2v) is 7.43. The van der Waals surface area contributed by atoms with Gasteiger partial charge in [-0.1, -0.05) is 53.5 Å². The van der Waals surface area contributed by atoms with Crippen LogP contribution in [0.15, 0.2) is 66.9 Å². The highest BCUT2D eigenvalue weighted by Crippen LogP contribution is 2.33. The Hall–Kier alpha value is -3.98. The number of ether oxygens (including phenoxy) is 2. The number of benzene rings is 3. The van der Waals surface area contributed by atoms with Gasteiger partial charge in [-0.05, 0) is 25.1 Å². The Labute approximate surface area is 182 Å². The Morgan fingerprint density at radius 1 is 1.00 bits per heavy atom. The van der Waals surface area contributed by atoms with Crippen LogP contribution in [0.1, 0.15) is 16.7 Å². The van der Waals surface area contributed by atoms with Crippen molar-refractivity contribution in [1.82, 2.24) is 9.97 Å². The molecule has 0 spiro atoms. The van der Waals surface area contributed by atoms with Crippen LogP contribution in [0.4, 0.5) is 0 Å². The van der Waals surface area contributed by atoms with Crippen molar-refractivity contribution in [3.05, 3.63) is 83.6 Å². The van der Waals surface area contributed by atoms with Crippen LogP contribution in [0.2, 0.25) is 0 Å².